The fourth-order valence-electron chi connectivity index (χ4n) is 1.98. The molecule has 2 aliphatic rings. The summed E-state index contributed by atoms with van der Waals surface area (Å²) in [5, 5.41) is 0. The fourth-order valence-corrected chi connectivity index (χ4v) is 1.98. The normalized spacial score (nSPS) is 37.2. The molecule has 1 aliphatic heterocycles. The van der Waals surface area contributed by atoms with Crippen LogP contribution < -0.4 is 0 Å². The monoisotopic (exact) mass is 168 g/mol. The van der Waals surface area contributed by atoms with Crippen LogP contribution in [0, 0.1) is 0 Å². The zero-order valence-electron chi connectivity index (χ0n) is 7.42. The summed E-state index contributed by atoms with van der Waals surface area (Å²) in [6, 6.07) is 0. The lowest BCUT2D eigenvalue weighted by molar-refractivity contribution is -0.119. The highest BCUT2D eigenvalue weighted by Gasteiger charge is 2.37. The predicted molar refractivity (Wildman–Crippen MR) is 46.0 cm³/mol. The molecule has 1 aliphatic carbocycles. The van der Waals surface area contributed by atoms with Crippen molar-refractivity contribution in [1.29, 1.82) is 0 Å². The highest BCUT2D eigenvalue weighted by molar-refractivity contribution is 5.78. The van der Waals surface area contributed by atoms with Crippen molar-refractivity contribution in [2.45, 2.75) is 57.2 Å². The molecule has 1 saturated carbocycles. The molecule has 0 aromatic heterocycles. The Hall–Kier alpha value is -0.370. The first-order chi connectivity index (χ1) is 5.86. The van der Waals surface area contributed by atoms with Gasteiger partial charge in [-0.05, 0) is 25.7 Å². The van der Waals surface area contributed by atoms with Crippen LogP contribution in [0.4, 0.5) is 0 Å². The Morgan fingerprint density at radius 1 is 1.00 bits per heavy atom. The van der Waals surface area contributed by atoms with Gasteiger partial charge in [0.2, 0.25) is 0 Å². The van der Waals surface area contributed by atoms with E-state index in [0.29, 0.717) is 18.0 Å². The summed E-state index contributed by atoms with van der Waals surface area (Å²) in [7, 11) is 0. The Morgan fingerprint density at radius 2 is 1.67 bits per heavy atom. The average molecular weight is 168 g/mol. The first kappa shape index (κ1) is 8.24. The molecular weight excluding hydrogens is 152 g/mol. The van der Waals surface area contributed by atoms with Crippen molar-refractivity contribution in [1.82, 2.24) is 0 Å². The van der Waals surface area contributed by atoms with E-state index in [2.05, 4.69) is 0 Å². The number of ketones is 1. The van der Waals surface area contributed by atoms with E-state index in [4.69, 9.17) is 4.74 Å². The van der Waals surface area contributed by atoms with Crippen LogP contribution in [-0.2, 0) is 9.53 Å². The van der Waals surface area contributed by atoms with Gasteiger partial charge in [0, 0.05) is 12.8 Å². The smallest absolute Gasteiger partial charge is 0.132 e. The Labute approximate surface area is 73.3 Å². The van der Waals surface area contributed by atoms with Crippen LogP contribution in [0.15, 0.2) is 0 Å². The number of carbonyl (C=O) groups is 1. The van der Waals surface area contributed by atoms with Crippen molar-refractivity contribution < 1.29 is 9.53 Å². The summed E-state index contributed by atoms with van der Waals surface area (Å²) in [5.74, 6) is 0.453. The van der Waals surface area contributed by atoms with Crippen molar-refractivity contribution in [3.63, 3.8) is 0 Å². The predicted octanol–water partition coefficient (Wildman–Crippen LogP) is 2.07. The molecule has 0 unspecified atom stereocenters. The second kappa shape index (κ2) is 3.56. The topological polar surface area (TPSA) is 29.6 Å². The van der Waals surface area contributed by atoms with Crippen LogP contribution in [0.3, 0.4) is 0 Å². The van der Waals surface area contributed by atoms with Crippen molar-refractivity contribution in [2.75, 3.05) is 0 Å². The molecule has 2 nitrogen and oxygen atoms in total. The molecule has 0 radical (unpaired) electrons. The first-order valence-corrected chi connectivity index (χ1v) is 5.03. The van der Waals surface area contributed by atoms with Gasteiger partial charge in [0.1, 0.15) is 5.78 Å². The van der Waals surface area contributed by atoms with Gasteiger partial charge in [0.25, 0.3) is 0 Å². The molecule has 0 bridgehead atoms. The zero-order chi connectivity index (χ0) is 8.39. The molecule has 0 N–H and O–H groups in total. The fraction of sp³-hybridized carbons (Fsp3) is 0.900. The molecule has 0 amide bonds. The number of hydrogen-bond donors (Lipinski definition) is 0. The maximum absolute atomic E-state index is 11.2. The lowest BCUT2D eigenvalue weighted by atomic mass is 10.0. The van der Waals surface area contributed by atoms with Crippen LogP contribution in [0.1, 0.15) is 44.9 Å². The lowest BCUT2D eigenvalue weighted by Crippen LogP contribution is -2.03. The Balaban J connectivity index is 1.79. The summed E-state index contributed by atoms with van der Waals surface area (Å²) in [4.78, 5) is 11.2. The summed E-state index contributed by atoms with van der Waals surface area (Å²) in [5.41, 5.74) is 0. The van der Waals surface area contributed by atoms with Gasteiger partial charge in [-0.1, -0.05) is 6.42 Å². The largest absolute Gasteiger partial charge is 0.370 e. The third-order valence-corrected chi connectivity index (χ3v) is 2.83. The number of fused-ring (bicyclic) bond motifs is 1. The zero-order valence-corrected chi connectivity index (χ0v) is 7.42. The van der Waals surface area contributed by atoms with Crippen LogP contribution >= 0.6 is 0 Å². The number of Topliss-reactive ketones (excluding diaryl/α,β-unsaturated/α-hetero) is 1. The Bertz CT molecular complexity index is 177. The Kier molecular flexibility index (Phi) is 2.45. The van der Waals surface area contributed by atoms with Gasteiger partial charge in [0.05, 0.1) is 12.2 Å². The van der Waals surface area contributed by atoms with E-state index in [1.165, 1.54) is 12.8 Å². The average Bonchev–Trinajstić information content (AvgIpc) is 2.78. The summed E-state index contributed by atoms with van der Waals surface area (Å²) in [6.07, 6.45) is 8.23. The molecule has 1 saturated heterocycles. The van der Waals surface area contributed by atoms with Gasteiger partial charge >= 0.3 is 0 Å². The van der Waals surface area contributed by atoms with Crippen molar-refractivity contribution in [3.8, 4) is 0 Å². The van der Waals surface area contributed by atoms with Crippen LogP contribution in [0.25, 0.3) is 0 Å². The third-order valence-electron chi connectivity index (χ3n) is 2.83. The van der Waals surface area contributed by atoms with E-state index < -0.39 is 0 Å². The molecule has 0 aromatic rings. The number of carbonyl (C=O) groups excluding carboxylic acids is 1. The molecular formula is C10H16O2. The minimum absolute atomic E-state index is 0.453. The minimum atomic E-state index is 0.453. The molecule has 2 rings (SSSR count). The Morgan fingerprint density at radius 3 is 2.50 bits per heavy atom. The van der Waals surface area contributed by atoms with E-state index in [1.54, 1.807) is 0 Å². The molecule has 2 heteroatoms. The van der Waals surface area contributed by atoms with Gasteiger partial charge in [-0.3, -0.25) is 4.79 Å². The maximum Gasteiger partial charge on any atom is 0.132 e. The number of hydrogen-bond acceptors (Lipinski definition) is 2. The molecule has 68 valence electrons. The first-order valence-electron chi connectivity index (χ1n) is 5.03. The van der Waals surface area contributed by atoms with Gasteiger partial charge in [-0.15, -0.1) is 0 Å². The quantitative estimate of drug-likeness (QED) is 0.518. The van der Waals surface area contributed by atoms with Crippen LogP contribution in [0.5, 0.6) is 0 Å². The van der Waals surface area contributed by atoms with E-state index in [9.17, 15) is 4.79 Å². The number of rotatable bonds is 0. The molecule has 2 fully saturated rings. The summed E-state index contributed by atoms with van der Waals surface area (Å²) in [6.45, 7) is 0. The molecule has 12 heavy (non-hydrogen) atoms. The van der Waals surface area contributed by atoms with Crippen molar-refractivity contribution >= 4 is 5.78 Å². The second-order valence-electron chi connectivity index (χ2n) is 3.89. The van der Waals surface area contributed by atoms with Gasteiger partial charge in [-0.2, -0.15) is 0 Å². The standard InChI is InChI=1S/C10H16O2/c11-8-4-1-2-6-9-10(12-9)7-3-5-8/h9-10H,1-7H2/t9-,10-/m1/s1. The molecule has 2 atom stereocenters. The third kappa shape index (κ3) is 2.07. The van der Waals surface area contributed by atoms with Gasteiger partial charge in [0.15, 0.2) is 0 Å². The molecule has 0 aromatic carbocycles. The summed E-state index contributed by atoms with van der Waals surface area (Å²) >= 11 is 0. The highest BCUT2D eigenvalue weighted by Crippen LogP contribution is 2.32. The highest BCUT2D eigenvalue weighted by atomic mass is 16.6. The van der Waals surface area contributed by atoms with E-state index >= 15 is 0 Å². The number of epoxide rings is 1. The minimum Gasteiger partial charge on any atom is -0.370 e. The van der Waals surface area contributed by atoms with E-state index in [0.717, 1.165) is 32.1 Å². The van der Waals surface area contributed by atoms with Gasteiger partial charge < -0.3 is 4.74 Å². The van der Waals surface area contributed by atoms with Crippen LogP contribution in [-0.4, -0.2) is 18.0 Å². The van der Waals surface area contributed by atoms with E-state index in [1.807, 2.05) is 0 Å². The summed E-state index contributed by atoms with van der Waals surface area (Å²) < 4.78 is 5.47. The molecule has 0 spiro atoms. The van der Waals surface area contributed by atoms with Gasteiger partial charge in [-0.25, -0.2) is 0 Å². The van der Waals surface area contributed by atoms with Crippen molar-refractivity contribution in [2.24, 2.45) is 0 Å². The maximum atomic E-state index is 11.2. The second-order valence-corrected chi connectivity index (χ2v) is 3.89. The van der Waals surface area contributed by atoms with E-state index in [-0.39, 0.29) is 0 Å². The van der Waals surface area contributed by atoms with Crippen molar-refractivity contribution in [3.05, 3.63) is 0 Å². The van der Waals surface area contributed by atoms with Crippen LogP contribution in [0.2, 0.25) is 0 Å². The SMILES string of the molecule is O=C1CCCC[C@H]2O[C@@H]2CCC1. The number of ether oxygens (including phenoxy) is 1. The lowest BCUT2D eigenvalue weighted by Gasteiger charge is -2.02. The molecule has 1 heterocycles.